The Labute approximate surface area is 166 Å². The summed E-state index contributed by atoms with van der Waals surface area (Å²) in [5.74, 6) is 0.916. The number of hydrogen-bond donors (Lipinski definition) is 1. The third-order valence-electron chi connectivity index (χ3n) is 5.09. The summed E-state index contributed by atoms with van der Waals surface area (Å²) in [7, 11) is 0. The molecule has 8 heteroatoms. The fourth-order valence-electron chi connectivity index (χ4n) is 3.46. The molecule has 0 aliphatic carbocycles. The van der Waals surface area contributed by atoms with E-state index in [-0.39, 0.29) is 17.9 Å². The predicted octanol–water partition coefficient (Wildman–Crippen LogP) is 4.00. The highest BCUT2D eigenvalue weighted by Gasteiger charge is 2.32. The van der Waals surface area contributed by atoms with Crippen molar-refractivity contribution in [1.82, 2.24) is 20.0 Å². The van der Waals surface area contributed by atoms with Gasteiger partial charge in [-0.05, 0) is 50.1 Å². The number of halogens is 1. The van der Waals surface area contributed by atoms with E-state index < -0.39 is 0 Å². The summed E-state index contributed by atoms with van der Waals surface area (Å²) in [4.78, 5) is 22.3. The number of nitriles is 1. The van der Waals surface area contributed by atoms with Crippen molar-refractivity contribution in [2.24, 2.45) is 0 Å². The molecule has 3 heterocycles. The lowest BCUT2D eigenvalue weighted by molar-refractivity contribution is 0.0605. The van der Waals surface area contributed by atoms with Gasteiger partial charge < -0.3 is 14.4 Å². The van der Waals surface area contributed by atoms with Crippen molar-refractivity contribution in [2.75, 3.05) is 6.54 Å². The Morgan fingerprint density at radius 3 is 2.82 bits per heavy atom. The highest BCUT2D eigenvalue weighted by Crippen LogP contribution is 2.31. The molecule has 2 atom stereocenters. The Morgan fingerprint density at radius 1 is 1.36 bits per heavy atom. The van der Waals surface area contributed by atoms with Crippen LogP contribution in [-0.2, 0) is 0 Å². The lowest BCUT2D eigenvalue weighted by Crippen LogP contribution is -2.45. The van der Waals surface area contributed by atoms with Crippen molar-refractivity contribution in [3.8, 4) is 17.7 Å². The van der Waals surface area contributed by atoms with E-state index in [0.717, 1.165) is 12.8 Å². The number of aromatic nitrogens is 3. The lowest BCUT2D eigenvalue weighted by atomic mass is 9.92. The number of nitrogens with zero attached hydrogens (tertiary/aromatic N) is 4. The van der Waals surface area contributed by atoms with E-state index in [2.05, 4.69) is 21.2 Å². The number of benzene rings is 1. The van der Waals surface area contributed by atoms with Crippen LogP contribution >= 0.6 is 11.6 Å². The van der Waals surface area contributed by atoms with E-state index >= 15 is 0 Å². The topological polar surface area (TPSA) is 98.8 Å². The van der Waals surface area contributed by atoms with E-state index in [9.17, 15) is 4.79 Å². The Balaban J connectivity index is 1.52. The van der Waals surface area contributed by atoms with Crippen LogP contribution in [0.1, 0.15) is 47.4 Å². The zero-order valence-electron chi connectivity index (χ0n) is 15.2. The second kappa shape index (κ2) is 7.49. The number of H-pyrrole nitrogens is 1. The van der Waals surface area contributed by atoms with Crippen LogP contribution in [0.25, 0.3) is 11.6 Å². The van der Waals surface area contributed by atoms with Gasteiger partial charge in [-0.3, -0.25) is 4.79 Å². The molecule has 0 bridgehead atoms. The van der Waals surface area contributed by atoms with Crippen molar-refractivity contribution in [1.29, 1.82) is 5.26 Å². The van der Waals surface area contributed by atoms with E-state index in [4.69, 9.17) is 21.4 Å². The molecule has 1 fully saturated rings. The smallest absolute Gasteiger partial charge is 0.274 e. The zero-order chi connectivity index (χ0) is 19.7. The number of rotatable bonds is 3. The highest BCUT2D eigenvalue weighted by atomic mass is 35.5. The molecular weight excluding hydrogens is 378 g/mol. The van der Waals surface area contributed by atoms with Crippen LogP contribution in [0.4, 0.5) is 0 Å². The first-order valence-electron chi connectivity index (χ1n) is 9.04. The summed E-state index contributed by atoms with van der Waals surface area (Å²) in [5, 5.41) is 13.6. The number of piperidine rings is 1. The maximum absolute atomic E-state index is 13.0. The fourth-order valence-corrected chi connectivity index (χ4v) is 3.62. The summed E-state index contributed by atoms with van der Waals surface area (Å²) in [6.07, 6.45) is 3.38. The van der Waals surface area contributed by atoms with Crippen molar-refractivity contribution >= 4 is 17.5 Å². The number of carbonyl (C=O) groups is 1. The first kappa shape index (κ1) is 18.3. The van der Waals surface area contributed by atoms with Crippen LogP contribution in [0, 0.1) is 11.3 Å². The normalized spacial score (nSPS) is 19.4. The number of likely N-dealkylation sites (tertiary alicyclic amines) is 1. The second-order valence-corrected chi connectivity index (χ2v) is 7.40. The molecule has 4 rings (SSSR count). The number of amides is 1. The molecule has 1 aliphatic rings. The fraction of sp³-hybridized carbons (Fsp3) is 0.300. The SMILES string of the molecule is CC1CCC(c2noc(-c3cc(Cl)c[nH]3)n2)CN1C(=O)c1ccc(C#N)cc1. The Morgan fingerprint density at radius 2 is 2.14 bits per heavy atom. The quantitative estimate of drug-likeness (QED) is 0.722. The molecule has 3 aromatic rings. The highest BCUT2D eigenvalue weighted by molar-refractivity contribution is 6.30. The van der Waals surface area contributed by atoms with Crippen molar-refractivity contribution in [2.45, 2.75) is 31.7 Å². The molecule has 2 aromatic heterocycles. The van der Waals surface area contributed by atoms with Gasteiger partial charge in [-0.25, -0.2) is 0 Å². The standard InChI is InChI=1S/C20H18ClN5O2/c1-12-2-5-15(18-24-19(28-25-18)17-8-16(21)10-23-17)11-26(12)20(27)14-6-3-13(9-22)4-7-14/h3-4,6-8,10,12,15,23H,2,5,11H2,1H3. The minimum atomic E-state index is -0.0541. The van der Waals surface area contributed by atoms with Crippen LogP contribution in [0.15, 0.2) is 41.1 Å². The minimum absolute atomic E-state index is 0.00136. The predicted molar refractivity (Wildman–Crippen MR) is 103 cm³/mol. The largest absolute Gasteiger partial charge is 0.356 e. The molecule has 2 unspecified atom stereocenters. The molecule has 0 radical (unpaired) electrons. The zero-order valence-corrected chi connectivity index (χ0v) is 16.0. The van der Waals surface area contributed by atoms with E-state index in [0.29, 0.717) is 40.1 Å². The van der Waals surface area contributed by atoms with Gasteiger partial charge in [-0.15, -0.1) is 0 Å². The molecule has 1 N–H and O–H groups in total. The Bertz CT molecular complexity index is 1030. The molecule has 0 spiro atoms. The molecule has 1 aromatic carbocycles. The summed E-state index contributed by atoms with van der Waals surface area (Å²) in [6, 6.07) is 10.6. The first-order chi connectivity index (χ1) is 13.5. The van der Waals surface area contributed by atoms with Crippen LogP contribution in [0.2, 0.25) is 5.02 Å². The number of hydrogen-bond acceptors (Lipinski definition) is 5. The molecule has 1 saturated heterocycles. The van der Waals surface area contributed by atoms with Gasteiger partial charge in [0.15, 0.2) is 5.82 Å². The van der Waals surface area contributed by atoms with Crippen molar-refractivity contribution in [3.05, 3.63) is 58.5 Å². The summed E-state index contributed by atoms with van der Waals surface area (Å²) in [5.41, 5.74) is 1.77. The summed E-state index contributed by atoms with van der Waals surface area (Å²) in [6.45, 7) is 2.56. The van der Waals surface area contributed by atoms with Crippen LogP contribution in [0.3, 0.4) is 0 Å². The van der Waals surface area contributed by atoms with Gasteiger partial charge in [0.1, 0.15) is 5.69 Å². The number of nitrogens with one attached hydrogen (secondary N) is 1. The second-order valence-electron chi connectivity index (χ2n) is 6.96. The van der Waals surface area contributed by atoms with Crippen LogP contribution < -0.4 is 0 Å². The molecule has 28 heavy (non-hydrogen) atoms. The van der Waals surface area contributed by atoms with Crippen molar-refractivity contribution < 1.29 is 9.32 Å². The van der Waals surface area contributed by atoms with E-state index in [1.54, 1.807) is 36.5 Å². The maximum Gasteiger partial charge on any atom is 0.274 e. The molecule has 142 valence electrons. The lowest BCUT2D eigenvalue weighted by Gasteiger charge is -2.37. The minimum Gasteiger partial charge on any atom is -0.356 e. The summed E-state index contributed by atoms with van der Waals surface area (Å²) >= 11 is 5.93. The maximum atomic E-state index is 13.0. The average Bonchev–Trinajstić information content (AvgIpc) is 3.37. The van der Waals surface area contributed by atoms with Gasteiger partial charge in [0.25, 0.3) is 11.8 Å². The Kier molecular flexibility index (Phi) is 4.88. The van der Waals surface area contributed by atoms with E-state index in [1.807, 2.05) is 11.8 Å². The number of carbonyl (C=O) groups excluding carboxylic acids is 1. The van der Waals surface area contributed by atoms with Crippen molar-refractivity contribution in [3.63, 3.8) is 0 Å². The van der Waals surface area contributed by atoms with Crippen LogP contribution in [-0.4, -0.2) is 38.5 Å². The van der Waals surface area contributed by atoms with E-state index in [1.165, 1.54) is 0 Å². The Hall–Kier alpha value is -3.11. The van der Waals surface area contributed by atoms with Crippen LogP contribution in [0.5, 0.6) is 0 Å². The third-order valence-corrected chi connectivity index (χ3v) is 5.31. The molecule has 1 amide bonds. The van der Waals surface area contributed by atoms with Gasteiger partial charge in [-0.2, -0.15) is 10.2 Å². The third kappa shape index (κ3) is 3.51. The van der Waals surface area contributed by atoms with Gasteiger partial charge in [0.05, 0.1) is 16.7 Å². The van der Waals surface area contributed by atoms with Gasteiger partial charge >= 0.3 is 0 Å². The van der Waals surface area contributed by atoms with Gasteiger partial charge in [-0.1, -0.05) is 16.8 Å². The average molecular weight is 396 g/mol. The number of aromatic amines is 1. The van der Waals surface area contributed by atoms with Gasteiger partial charge in [0, 0.05) is 30.3 Å². The summed E-state index contributed by atoms with van der Waals surface area (Å²) < 4.78 is 5.36. The van der Waals surface area contributed by atoms with Gasteiger partial charge in [0.2, 0.25) is 0 Å². The first-order valence-corrected chi connectivity index (χ1v) is 9.42. The molecular formula is C20H18ClN5O2. The monoisotopic (exact) mass is 395 g/mol. The molecule has 7 nitrogen and oxygen atoms in total. The molecule has 1 aliphatic heterocycles. The molecule has 0 saturated carbocycles.